The Balaban J connectivity index is 1.40. The third-order valence-electron chi connectivity index (χ3n) is 4.77. The number of nitrogens with zero attached hydrogens (tertiary/aromatic N) is 2. The number of carbonyl (C=O) groups excluding carboxylic acids is 1. The number of rotatable bonds is 5. The number of hydrogen-bond acceptors (Lipinski definition) is 6. The molecule has 1 aromatic heterocycles. The summed E-state index contributed by atoms with van der Waals surface area (Å²) in [6, 6.07) is 9.82. The standard InChI is InChI=1S/C21H22ClN3O3S/c1-13-9-16(10-14(2)20(13)22)28-12-19(26)24-21-23-17-4-3-15(11-18(17)29-21)25-5-7-27-8-6-25/h3-4,9-11H,5-8,12H2,1-2H3,(H,23,24,26). The Bertz CT molecular complexity index is 1020. The Morgan fingerprint density at radius 1 is 1.24 bits per heavy atom. The number of morpholine rings is 1. The molecule has 0 radical (unpaired) electrons. The van der Waals surface area contributed by atoms with Gasteiger partial charge in [-0.25, -0.2) is 4.98 Å². The highest BCUT2D eigenvalue weighted by Gasteiger charge is 2.14. The zero-order valence-electron chi connectivity index (χ0n) is 16.3. The van der Waals surface area contributed by atoms with Crippen LogP contribution in [0.1, 0.15) is 11.1 Å². The average molecular weight is 432 g/mol. The molecule has 1 aliphatic rings. The summed E-state index contributed by atoms with van der Waals surface area (Å²) in [5.74, 6) is 0.377. The van der Waals surface area contributed by atoms with Gasteiger partial charge in [0.1, 0.15) is 5.75 Å². The Hall–Kier alpha value is -2.35. The van der Waals surface area contributed by atoms with Gasteiger partial charge in [0.15, 0.2) is 11.7 Å². The van der Waals surface area contributed by atoms with E-state index in [9.17, 15) is 4.79 Å². The second-order valence-corrected chi connectivity index (χ2v) is 8.39. The third-order valence-corrected chi connectivity index (χ3v) is 6.30. The molecule has 3 aromatic rings. The van der Waals surface area contributed by atoms with Crippen LogP contribution in [-0.4, -0.2) is 43.8 Å². The van der Waals surface area contributed by atoms with E-state index in [2.05, 4.69) is 27.3 Å². The van der Waals surface area contributed by atoms with Gasteiger partial charge in [-0.1, -0.05) is 22.9 Å². The van der Waals surface area contributed by atoms with Crippen molar-refractivity contribution in [1.29, 1.82) is 0 Å². The fourth-order valence-electron chi connectivity index (χ4n) is 3.28. The lowest BCUT2D eigenvalue weighted by molar-refractivity contribution is -0.118. The number of aromatic nitrogens is 1. The molecule has 152 valence electrons. The van der Waals surface area contributed by atoms with Gasteiger partial charge in [0.2, 0.25) is 0 Å². The van der Waals surface area contributed by atoms with Gasteiger partial charge < -0.3 is 14.4 Å². The average Bonchev–Trinajstić information content (AvgIpc) is 3.12. The third kappa shape index (κ3) is 4.63. The molecule has 8 heteroatoms. The van der Waals surface area contributed by atoms with E-state index < -0.39 is 0 Å². The highest BCUT2D eigenvalue weighted by molar-refractivity contribution is 7.22. The number of fused-ring (bicyclic) bond motifs is 1. The number of anilines is 2. The maximum Gasteiger partial charge on any atom is 0.264 e. The van der Waals surface area contributed by atoms with Gasteiger partial charge >= 0.3 is 0 Å². The molecule has 4 rings (SSSR count). The van der Waals surface area contributed by atoms with Crippen LogP contribution in [0.15, 0.2) is 30.3 Å². The predicted molar refractivity (Wildman–Crippen MR) is 118 cm³/mol. The Kier molecular flexibility index (Phi) is 5.89. The van der Waals surface area contributed by atoms with Gasteiger partial charge in [0.25, 0.3) is 5.91 Å². The normalized spacial score (nSPS) is 14.2. The van der Waals surface area contributed by atoms with Gasteiger partial charge in [0.05, 0.1) is 23.4 Å². The number of amides is 1. The van der Waals surface area contributed by atoms with E-state index in [1.807, 2.05) is 32.0 Å². The fraction of sp³-hybridized carbons (Fsp3) is 0.333. The minimum Gasteiger partial charge on any atom is -0.484 e. The summed E-state index contributed by atoms with van der Waals surface area (Å²) < 4.78 is 12.1. The summed E-state index contributed by atoms with van der Waals surface area (Å²) in [6.45, 7) is 6.99. The number of carbonyl (C=O) groups is 1. The van der Waals surface area contributed by atoms with E-state index >= 15 is 0 Å². The number of thiazole rings is 1. The zero-order valence-corrected chi connectivity index (χ0v) is 17.9. The molecule has 0 saturated carbocycles. The highest BCUT2D eigenvalue weighted by atomic mass is 35.5. The first-order chi connectivity index (χ1) is 14.0. The molecule has 29 heavy (non-hydrogen) atoms. The van der Waals surface area contributed by atoms with Crippen LogP contribution in [-0.2, 0) is 9.53 Å². The van der Waals surface area contributed by atoms with Gasteiger partial charge in [-0.05, 0) is 55.3 Å². The number of aryl methyl sites for hydroxylation is 2. The van der Waals surface area contributed by atoms with Crippen LogP contribution in [0, 0.1) is 13.8 Å². The van der Waals surface area contributed by atoms with Crippen molar-refractivity contribution in [2.24, 2.45) is 0 Å². The van der Waals surface area contributed by atoms with Crippen LogP contribution in [0.2, 0.25) is 5.02 Å². The van der Waals surface area contributed by atoms with Crippen molar-refractivity contribution in [3.8, 4) is 5.75 Å². The molecule has 0 bridgehead atoms. The number of hydrogen-bond donors (Lipinski definition) is 1. The van der Waals surface area contributed by atoms with Crippen molar-refractivity contribution in [3.05, 3.63) is 46.5 Å². The van der Waals surface area contributed by atoms with E-state index in [0.29, 0.717) is 15.9 Å². The molecule has 1 N–H and O–H groups in total. The molecule has 2 heterocycles. The molecule has 6 nitrogen and oxygen atoms in total. The van der Waals surface area contributed by atoms with Crippen molar-refractivity contribution >= 4 is 49.9 Å². The maximum atomic E-state index is 12.3. The van der Waals surface area contributed by atoms with Crippen molar-refractivity contribution < 1.29 is 14.3 Å². The topological polar surface area (TPSA) is 63.7 Å². The molecule has 1 saturated heterocycles. The summed E-state index contributed by atoms with van der Waals surface area (Å²) in [4.78, 5) is 19.1. The summed E-state index contributed by atoms with van der Waals surface area (Å²) in [7, 11) is 0. The lowest BCUT2D eigenvalue weighted by Gasteiger charge is -2.28. The Labute approximate surface area is 178 Å². The zero-order chi connectivity index (χ0) is 20.4. The van der Waals surface area contributed by atoms with Gasteiger partial charge in [-0.15, -0.1) is 0 Å². The number of benzene rings is 2. The van der Waals surface area contributed by atoms with Crippen LogP contribution in [0.3, 0.4) is 0 Å². The molecule has 0 atom stereocenters. The molecular weight excluding hydrogens is 410 g/mol. The smallest absolute Gasteiger partial charge is 0.264 e. The fourth-order valence-corrected chi connectivity index (χ4v) is 4.30. The van der Waals surface area contributed by atoms with E-state index in [1.165, 1.54) is 11.3 Å². The van der Waals surface area contributed by atoms with Crippen molar-refractivity contribution in [1.82, 2.24) is 4.98 Å². The molecule has 0 unspecified atom stereocenters. The van der Waals surface area contributed by atoms with Crippen LogP contribution < -0.4 is 15.0 Å². The maximum absolute atomic E-state index is 12.3. The number of ether oxygens (including phenoxy) is 2. The summed E-state index contributed by atoms with van der Waals surface area (Å²) in [5.41, 5.74) is 3.86. The van der Waals surface area contributed by atoms with Gasteiger partial charge in [-0.2, -0.15) is 0 Å². The molecular formula is C21H22ClN3O3S. The minimum atomic E-state index is -0.247. The van der Waals surface area contributed by atoms with Crippen LogP contribution in [0.5, 0.6) is 5.75 Å². The van der Waals surface area contributed by atoms with Crippen LogP contribution in [0.25, 0.3) is 10.2 Å². The molecule has 0 aliphatic carbocycles. The number of nitrogens with one attached hydrogen (secondary N) is 1. The Morgan fingerprint density at radius 3 is 2.69 bits per heavy atom. The largest absolute Gasteiger partial charge is 0.484 e. The molecule has 2 aromatic carbocycles. The van der Waals surface area contributed by atoms with Crippen molar-refractivity contribution in [2.45, 2.75) is 13.8 Å². The van der Waals surface area contributed by atoms with Crippen molar-refractivity contribution in [3.63, 3.8) is 0 Å². The quantitative estimate of drug-likeness (QED) is 0.647. The van der Waals surface area contributed by atoms with E-state index in [1.54, 1.807) is 0 Å². The first-order valence-electron chi connectivity index (χ1n) is 9.42. The Morgan fingerprint density at radius 2 is 1.97 bits per heavy atom. The van der Waals surface area contributed by atoms with Gasteiger partial charge in [0, 0.05) is 23.8 Å². The van der Waals surface area contributed by atoms with Crippen LogP contribution >= 0.6 is 22.9 Å². The van der Waals surface area contributed by atoms with E-state index in [0.717, 1.165) is 53.3 Å². The monoisotopic (exact) mass is 431 g/mol. The molecule has 1 aliphatic heterocycles. The highest BCUT2D eigenvalue weighted by Crippen LogP contribution is 2.30. The SMILES string of the molecule is Cc1cc(OCC(=O)Nc2nc3ccc(N4CCOCC4)cc3s2)cc(C)c1Cl. The van der Waals surface area contributed by atoms with Gasteiger partial charge in [-0.3, -0.25) is 10.1 Å². The van der Waals surface area contributed by atoms with Crippen LogP contribution in [0.4, 0.5) is 10.8 Å². The molecule has 1 amide bonds. The minimum absolute atomic E-state index is 0.0878. The van der Waals surface area contributed by atoms with Crippen molar-refractivity contribution in [2.75, 3.05) is 43.1 Å². The number of halogens is 1. The summed E-state index contributed by atoms with van der Waals surface area (Å²) >= 11 is 7.63. The van der Waals surface area contributed by atoms with E-state index in [4.69, 9.17) is 21.1 Å². The van der Waals surface area contributed by atoms with E-state index in [-0.39, 0.29) is 12.5 Å². The molecule has 0 spiro atoms. The molecule has 1 fully saturated rings. The lowest BCUT2D eigenvalue weighted by atomic mass is 10.1. The summed E-state index contributed by atoms with van der Waals surface area (Å²) in [6.07, 6.45) is 0. The lowest BCUT2D eigenvalue weighted by Crippen LogP contribution is -2.36. The predicted octanol–water partition coefficient (Wildman–Crippen LogP) is 4.42. The second kappa shape index (κ2) is 8.57. The second-order valence-electron chi connectivity index (χ2n) is 6.98. The first-order valence-corrected chi connectivity index (χ1v) is 10.6. The summed E-state index contributed by atoms with van der Waals surface area (Å²) in [5, 5.41) is 4.11. The first kappa shape index (κ1) is 19.9.